The van der Waals surface area contributed by atoms with Crippen LogP contribution in [0.2, 0.25) is 0 Å². The molecule has 4 heteroatoms. The van der Waals surface area contributed by atoms with E-state index in [0.717, 1.165) is 29.8 Å². The second kappa shape index (κ2) is 8.15. The number of halogens is 1. The van der Waals surface area contributed by atoms with E-state index in [4.69, 9.17) is 0 Å². The summed E-state index contributed by atoms with van der Waals surface area (Å²) in [7, 11) is 1.96. The maximum Gasteiger partial charge on any atom is 0.137 e. The van der Waals surface area contributed by atoms with Gasteiger partial charge in [0.15, 0.2) is 0 Å². The van der Waals surface area contributed by atoms with Crippen LogP contribution in [0.25, 0.3) is 0 Å². The van der Waals surface area contributed by atoms with Gasteiger partial charge in [-0.15, -0.1) is 0 Å². The van der Waals surface area contributed by atoms with Gasteiger partial charge in [-0.25, -0.2) is 4.98 Å². The predicted octanol–water partition coefficient (Wildman–Crippen LogP) is 4.50. The number of anilines is 2. The van der Waals surface area contributed by atoms with Crippen molar-refractivity contribution < 1.29 is 0 Å². The molecule has 0 bridgehead atoms. The molecule has 0 atom stereocenters. The van der Waals surface area contributed by atoms with Crippen LogP contribution in [0.4, 0.5) is 11.5 Å². The molecule has 0 saturated carbocycles. The van der Waals surface area contributed by atoms with Gasteiger partial charge in [0.05, 0.1) is 0 Å². The minimum absolute atomic E-state index is 0.803. The Kier molecular flexibility index (Phi) is 6.21. The van der Waals surface area contributed by atoms with Gasteiger partial charge in [-0.3, -0.25) is 0 Å². The van der Waals surface area contributed by atoms with Crippen LogP contribution in [0.15, 0.2) is 47.1 Å². The number of hydrogen-bond acceptors (Lipinski definition) is 3. The predicted molar refractivity (Wildman–Crippen MR) is 93.1 cm³/mol. The van der Waals surface area contributed by atoms with Crippen LogP contribution in [0, 0.1) is 0 Å². The van der Waals surface area contributed by atoms with Crippen molar-refractivity contribution in [2.24, 2.45) is 0 Å². The second-order valence-corrected chi connectivity index (χ2v) is 5.92. The number of para-hydroxylation sites is 1. The smallest absolute Gasteiger partial charge is 0.137 e. The summed E-state index contributed by atoms with van der Waals surface area (Å²) in [6, 6.07) is 12.6. The highest BCUT2D eigenvalue weighted by molar-refractivity contribution is 9.10. The third-order valence-corrected chi connectivity index (χ3v) is 3.77. The van der Waals surface area contributed by atoms with Crippen molar-refractivity contribution in [3.8, 4) is 0 Å². The number of pyridine rings is 1. The SMILES string of the molecule is CCCCN(c1ccccc1)c1ncc(Br)cc1CNC. The van der Waals surface area contributed by atoms with Gasteiger partial charge in [-0.1, -0.05) is 31.5 Å². The highest BCUT2D eigenvalue weighted by Gasteiger charge is 2.14. The third-order valence-electron chi connectivity index (χ3n) is 3.34. The zero-order valence-electron chi connectivity index (χ0n) is 12.6. The van der Waals surface area contributed by atoms with Gasteiger partial charge in [-0.2, -0.15) is 0 Å². The summed E-state index contributed by atoms with van der Waals surface area (Å²) in [5.74, 6) is 1.03. The lowest BCUT2D eigenvalue weighted by Gasteiger charge is -2.26. The minimum atomic E-state index is 0.803. The number of benzene rings is 1. The first kappa shape index (κ1) is 16.0. The summed E-state index contributed by atoms with van der Waals surface area (Å²) in [5.41, 5.74) is 2.39. The lowest BCUT2D eigenvalue weighted by Crippen LogP contribution is -2.22. The third kappa shape index (κ3) is 4.29. The number of nitrogens with one attached hydrogen (secondary N) is 1. The maximum absolute atomic E-state index is 4.67. The van der Waals surface area contributed by atoms with Crippen molar-refractivity contribution in [3.05, 3.63) is 52.6 Å². The summed E-state index contributed by atoms with van der Waals surface area (Å²) >= 11 is 3.52. The van der Waals surface area contributed by atoms with Crippen molar-refractivity contribution in [1.82, 2.24) is 10.3 Å². The first-order valence-electron chi connectivity index (χ1n) is 7.38. The van der Waals surface area contributed by atoms with Gasteiger partial charge in [0.2, 0.25) is 0 Å². The first-order valence-corrected chi connectivity index (χ1v) is 8.17. The number of nitrogens with zero attached hydrogens (tertiary/aromatic N) is 2. The normalized spacial score (nSPS) is 10.6. The Morgan fingerprint density at radius 2 is 2.00 bits per heavy atom. The zero-order valence-corrected chi connectivity index (χ0v) is 14.2. The molecule has 2 aromatic rings. The van der Waals surface area contributed by atoms with Crippen LogP contribution >= 0.6 is 15.9 Å². The molecule has 21 heavy (non-hydrogen) atoms. The Labute approximate surface area is 135 Å². The average Bonchev–Trinajstić information content (AvgIpc) is 2.51. The lowest BCUT2D eigenvalue weighted by molar-refractivity contribution is 0.762. The quantitative estimate of drug-likeness (QED) is 0.798. The van der Waals surface area contributed by atoms with Gasteiger partial charge in [0.1, 0.15) is 5.82 Å². The molecule has 0 aliphatic rings. The standard InChI is InChI=1S/C17H22BrN3/c1-3-4-10-21(16-8-6-5-7-9-16)17-14(12-19-2)11-15(18)13-20-17/h5-9,11,13,19H,3-4,10,12H2,1-2H3. The van der Waals surface area contributed by atoms with Gasteiger partial charge >= 0.3 is 0 Å². The fourth-order valence-electron chi connectivity index (χ4n) is 2.32. The molecular formula is C17H22BrN3. The maximum atomic E-state index is 4.67. The van der Waals surface area contributed by atoms with E-state index in [1.807, 2.05) is 19.3 Å². The summed E-state index contributed by atoms with van der Waals surface area (Å²) in [5, 5.41) is 3.23. The summed E-state index contributed by atoms with van der Waals surface area (Å²) < 4.78 is 1.01. The average molecular weight is 348 g/mol. The van der Waals surface area contributed by atoms with Crippen molar-refractivity contribution in [3.63, 3.8) is 0 Å². The molecule has 1 heterocycles. The Hall–Kier alpha value is -1.39. The minimum Gasteiger partial charge on any atom is -0.326 e. The van der Waals surface area contributed by atoms with E-state index in [1.54, 1.807) is 0 Å². The van der Waals surface area contributed by atoms with Crippen LogP contribution in [-0.2, 0) is 6.54 Å². The van der Waals surface area contributed by atoms with E-state index in [2.05, 4.69) is 68.4 Å². The molecular weight excluding hydrogens is 326 g/mol. The van der Waals surface area contributed by atoms with E-state index in [1.165, 1.54) is 17.7 Å². The number of unbranched alkanes of at least 4 members (excludes halogenated alkanes) is 1. The van der Waals surface area contributed by atoms with E-state index in [-0.39, 0.29) is 0 Å². The summed E-state index contributed by atoms with van der Waals surface area (Å²) in [6.45, 7) is 4.00. The second-order valence-electron chi connectivity index (χ2n) is 5.01. The molecule has 112 valence electrons. The molecule has 0 amide bonds. The Bertz CT molecular complexity index is 557. The van der Waals surface area contributed by atoms with Crippen LogP contribution in [0.3, 0.4) is 0 Å². The van der Waals surface area contributed by atoms with Gasteiger partial charge in [-0.05, 0) is 47.6 Å². The lowest BCUT2D eigenvalue weighted by atomic mass is 10.2. The van der Waals surface area contributed by atoms with Gasteiger partial charge in [0, 0.05) is 35.0 Å². The number of hydrogen-bond donors (Lipinski definition) is 1. The van der Waals surface area contributed by atoms with Crippen molar-refractivity contribution in [1.29, 1.82) is 0 Å². The van der Waals surface area contributed by atoms with Crippen LogP contribution < -0.4 is 10.2 Å². The molecule has 0 unspecified atom stereocenters. The van der Waals surface area contributed by atoms with E-state index < -0.39 is 0 Å². The topological polar surface area (TPSA) is 28.2 Å². The fraction of sp³-hybridized carbons (Fsp3) is 0.353. The number of rotatable bonds is 7. The molecule has 1 aromatic carbocycles. The highest BCUT2D eigenvalue weighted by Crippen LogP contribution is 2.28. The fourth-order valence-corrected chi connectivity index (χ4v) is 2.70. The van der Waals surface area contributed by atoms with E-state index >= 15 is 0 Å². The van der Waals surface area contributed by atoms with Gasteiger partial charge < -0.3 is 10.2 Å². The Balaban J connectivity index is 2.41. The molecule has 0 spiro atoms. The molecule has 0 radical (unpaired) electrons. The molecule has 1 aromatic heterocycles. The van der Waals surface area contributed by atoms with Crippen LogP contribution in [0.5, 0.6) is 0 Å². The monoisotopic (exact) mass is 347 g/mol. The Morgan fingerprint density at radius 1 is 1.24 bits per heavy atom. The highest BCUT2D eigenvalue weighted by atomic mass is 79.9. The van der Waals surface area contributed by atoms with E-state index in [0.29, 0.717) is 0 Å². The first-order chi connectivity index (χ1) is 10.3. The Morgan fingerprint density at radius 3 is 2.67 bits per heavy atom. The largest absolute Gasteiger partial charge is 0.326 e. The molecule has 2 rings (SSSR count). The summed E-state index contributed by atoms with van der Waals surface area (Å²) in [6.07, 6.45) is 4.18. The molecule has 1 N–H and O–H groups in total. The molecule has 0 fully saturated rings. The van der Waals surface area contributed by atoms with Crippen molar-refractivity contribution in [2.75, 3.05) is 18.5 Å². The zero-order chi connectivity index (χ0) is 15.1. The summed E-state index contributed by atoms with van der Waals surface area (Å²) in [4.78, 5) is 6.97. The van der Waals surface area contributed by atoms with Crippen molar-refractivity contribution >= 4 is 27.4 Å². The van der Waals surface area contributed by atoms with Gasteiger partial charge in [0.25, 0.3) is 0 Å². The molecule has 0 saturated heterocycles. The molecule has 0 aliphatic heterocycles. The number of aromatic nitrogens is 1. The van der Waals surface area contributed by atoms with Crippen LogP contribution in [0.1, 0.15) is 25.3 Å². The van der Waals surface area contributed by atoms with Crippen LogP contribution in [-0.4, -0.2) is 18.6 Å². The molecule has 3 nitrogen and oxygen atoms in total. The van der Waals surface area contributed by atoms with Crippen molar-refractivity contribution in [2.45, 2.75) is 26.3 Å². The molecule has 0 aliphatic carbocycles. The van der Waals surface area contributed by atoms with E-state index in [9.17, 15) is 0 Å².